The average Bonchev–Trinajstić information content (AvgIpc) is 2.46. The van der Waals surface area contributed by atoms with Crippen LogP contribution in [-0.4, -0.2) is 25.6 Å². The van der Waals surface area contributed by atoms with E-state index in [1.54, 1.807) is 7.11 Å². The topological polar surface area (TPSA) is 50.4 Å². The maximum Gasteiger partial charge on any atom is 0.238 e. The SMILES string of the molecule is CCCCCC(C)NCC(=O)Nc1ccccc1OC. The Hall–Kier alpha value is -1.55. The highest BCUT2D eigenvalue weighted by atomic mass is 16.5. The molecule has 0 heterocycles. The summed E-state index contributed by atoms with van der Waals surface area (Å²) in [6, 6.07) is 7.78. The van der Waals surface area contributed by atoms with E-state index >= 15 is 0 Å². The van der Waals surface area contributed by atoms with E-state index in [2.05, 4.69) is 24.5 Å². The summed E-state index contributed by atoms with van der Waals surface area (Å²) in [4.78, 5) is 11.9. The number of amides is 1. The van der Waals surface area contributed by atoms with Crippen molar-refractivity contribution in [3.8, 4) is 5.75 Å². The van der Waals surface area contributed by atoms with Crippen LogP contribution in [0.1, 0.15) is 39.5 Å². The van der Waals surface area contributed by atoms with Crippen LogP contribution < -0.4 is 15.4 Å². The Bertz CT molecular complexity index is 407. The van der Waals surface area contributed by atoms with Gasteiger partial charge in [0.2, 0.25) is 5.91 Å². The summed E-state index contributed by atoms with van der Waals surface area (Å²) in [6.45, 7) is 4.64. The van der Waals surface area contributed by atoms with E-state index in [0.29, 0.717) is 24.0 Å². The molecule has 0 saturated carbocycles. The summed E-state index contributed by atoms with van der Waals surface area (Å²) in [5, 5.41) is 6.10. The Kier molecular flexibility index (Phi) is 7.73. The lowest BCUT2D eigenvalue weighted by molar-refractivity contribution is -0.115. The van der Waals surface area contributed by atoms with Crippen LogP contribution in [0.3, 0.4) is 0 Å². The number of hydrogen-bond donors (Lipinski definition) is 2. The number of carbonyl (C=O) groups is 1. The van der Waals surface area contributed by atoms with E-state index < -0.39 is 0 Å². The number of ether oxygens (including phenoxy) is 1. The van der Waals surface area contributed by atoms with Crippen molar-refractivity contribution >= 4 is 11.6 Å². The fourth-order valence-electron chi connectivity index (χ4n) is 2.01. The molecule has 0 spiro atoms. The largest absolute Gasteiger partial charge is 0.495 e. The number of nitrogens with one attached hydrogen (secondary N) is 2. The van der Waals surface area contributed by atoms with Gasteiger partial charge in [0.1, 0.15) is 5.75 Å². The fraction of sp³-hybridized carbons (Fsp3) is 0.562. The molecule has 0 bridgehead atoms. The summed E-state index contributed by atoms with van der Waals surface area (Å²) in [5.74, 6) is 0.633. The van der Waals surface area contributed by atoms with E-state index in [0.717, 1.165) is 6.42 Å². The lowest BCUT2D eigenvalue weighted by Crippen LogP contribution is -2.34. The molecule has 1 aromatic carbocycles. The van der Waals surface area contributed by atoms with E-state index in [1.165, 1.54) is 19.3 Å². The lowest BCUT2D eigenvalue weighted by Gasteiger charge is -2.14. The number of rotatable bonds is 9. The number of para-hydroxylation sites is 2. The van der Waals surface area contributed by atoms with Gasteiger partial charge in [-0.25, -0.2) is 0 Å². The third-order valence-corrected chi connectivity index (χ3v) is 3.23. The highest BCUT2D eigenvalue weighted by Gasteiger charge is 2.08. The molecule has 1 rings (SSSR count). The van der Waals surface area contributed by atoms with Crippen LogP contribution >= 0.6 is 0 Å². The lowest BCUT2D eigenvalue weighted by atomic mass is 10.1. The molecule has 0 radical (unpaired) electrons. The van der Waals surface area contributed by atoms with Crippen LogP contribution in [0.5, 0.6) is 5.75 Å². The smallest absolute Gasteiger partial charge is 0.238 e. The van der Waals surface area contributed by atoms with E-state index in [9.17, 15) is 4.79 Å². The van der Waals surface area contributed by atoms with Gasteiger partial charge in [-0.05, 0) is 25.5 Å². The Morgan fingerprint density at radius 3 is 2.75 bits per heavy atom. The summed E-state index contributed by atoms with van der Waals surface area (Å²) < 4.78 is 5.20. The second kappa shape index (κ2) is 9.37. The Morgan fingerprint density at radius 2 is 2.05 bits per heavy atom. The first kappa shape index (κ1) is 16.5. The van der Waals surface area contributed by atoms with Crippen molar-refractivity contribution in [2.45, 2.75) is 45.6 Å². The van der Waals surface area contributed by atoms with Crippen molar-refractivity contribution < 1.29 is 9.53 Å². The van der Waals surface area contributed by atoms with Crippen LogP contribution in [0, 0.1) is 0 Å². The molecule has 4 nitrogen and oxygen atoms in total. The molecule has 1 unspecified atom stereocenters. The Morgan fingerprint density at radius 1 is 1.30 bits per heavy atom. The molecular formula is C16H26N2O2. The van der Waals surface area contributed by atoms with Crippen LogP contribution in [0.4, 0.5) is 5.69 Å². The minimum atomic E-state index is -0.0446. The first-order chi connectivity index (χ1) is 9.67. The van der Waals surface area contributed by atoms with Gasteiger partial charge in [-0.15, -0.1) is 0 Å². The number of unbranched alkanes of at least 4 members (excludes halogenated alkanes) is 2. The summed E-state index contributed by atoms with van der Waals surface area (Å²) >= 11 is 0. The van der Waals surface area contributed by atoms with Gasteiger partial charge >= 0.3 is 0 Å². The normalized spacial score (nSPS) is 11.9. The molecule has 20 heavy (non-hydrogen) atoms. The first-order valence-corrected chi connectivity index (χ1v) is 7.33. The van der Waals surface area contributed by atoms with Crippen molar-refractivity contribution in [1.82, 2.24) is 5.32 Å². The molecule has 1 aromatic rings. The van der Waals surface area contributed by atoms with Gasteiger partial charge in [0.25, 0.3) is 0 Å². The molecule has 1 atom stereocenters. The molecule has 1 amide bonds. The zero-order chi connectivity index (χ0) is 14.8. The van der Waals surface area contributed by atoms with Gasteiger partial charge in [0.05, 0.1) is 19.3 Å². The molecule has 112 valence electrons. The van der Waals surface area contributed by atoms with Crippen LogP contribution in [0.2, 0.25) is 0 Å². The van der Waals surface area contributed by atoms with Gasteiger partial charge in [-0.1, -0.05) is 38.3 Å². The quantitative estimate of drug-likeness (QED) is 0.682. The molecular weight excluding hydrogens is 252 g/mol. The van der Waals surface area contributed by atoms with E-state index in [1.807, 2.05) is 24.3 Å². The summed E-state index contributed by atoms with van der Waals surface area (Å²) in [7, 11) is 1.60. The third-order valence-electron chi connectivity index (χ3n) is 3.23. The van der Waals surface area contributed by atoms with Crippen molar-refractivity contribution in [3.05, 3.63) is 24.3 Å². The molecule has 0 saturated heterocycles. The van der Waals surface area contributed by atoms with Crippen molar-refractivity contribution in [3.63, 3.8) is 0 Å². The van der Waals surface area contributed by atoms with Gasteiger partial charge in [0.15, 0.2) is 0 Å². The van der Waals surface area contributed by atoms with Crippen LogP contribution in [-0.2, 0) is 4.79 Å². The molecule has 0 fully saturated rings. The number of hydrogen-bond acceptors (Lipinski definition) is 3. The van der Waals surface area contributed by atoms with E-state index in [4.69, 9.17) is 4.74 Å². The Balaban J connectivity index is 2.33. The molecule has 0 aromatic heterocycles. The number of carbonyl (C=O) groups excluding carboxylic acids is 1. The number of methoxy groups -OCH3 is 1. The average molecular weight is 278 g/mol. The van der Waals surface area contributed by atoms with Crippen LogP contribution in [0.15, 0.2) is 24.3 Å². The highest BCUT2D eigenvalue weighted by molar-refractivity contribution is 5.93. The fourth-order valence-corrected chi connectivity index (χ4v) is 2.01. The van der Waals surface area contributed by atoms with Gasteiger partial charge in [-0.2, -0.15) is 0 Å². The second-order valence-corrected chi connectivity index (χ2v) is 5.03. The predicted octanol–water partition coefficient (Wildman–Crippen LogP) is 3.19. The van der Waals surface area contributed by atoms with Gasteiger partial charge < -0.3 is 15.4 Å². The summed E-state index contributed by atoms with van der Waals surface area (Å²) in [6.07, 6.45) is 4.79. The molecule has 4 heteroatoms. The zero-order valence-corrected chi connectivity index (χ0v) is 12.7. The maximum atomic E-state index is 11.9. The van der Waals surface area contributed by atoms with Crippen molar-refractivity contribution in [2.75, 3.05) is 19.0 Å². The van der Waals surface area contributed by atoms with E-state index in [-0.39, 0.29) is 5.91 Å². The molecule has 2 N–H and O–H groups in total. The first-order valence-electron chi connectivity index (χ1n) is 7.33. The summed E-state index contributed by atoms with van der Waals surface area (Å²) in [5.41, 5.74) is 0.709. The number of anilines is 1. The zero-order valence-electron chi connectivity index (χ0n) is 12.7. The van der Waals surface area contributed by atoms with Gasteiger partial charge in [0, 0.05) is 6.04 Å². The van der Waals surface area contributed by atoms with Crippen LogP contribution in [0.25, 0.3) is 0 Å². The second-order valence-electron chi connectivity index (χ2n) is 5.03. The maximum absolute atomic E-state index is 11.9. The minimum Gasteiger partial charge on any atom is -0.495 e. The van der Waals surface area contributed by atoms with Crippen molar-refractivity contribution in [2.24, 2.45) is 0 Å². The third kappa shape index (κ3) is 6.06. The molecule has 0 aliphatic carbocycles. The monoisotopic (exact) mass is 278 g/mol. The standard InChI is InChI=1S/C16H26N2O2/c1-4-5-6-9-13(2)17-12-16(19)18-14-10-7-8-11-15(14)20-3/h7-8,10-11,13,17H,4-6,9,12H2,1-3H3,(H,18,19). The predicted molar refractivity (Wildman–Crippen MR) is 83.2 cm³/mol. The number of benzene rings is 1. The van der Waals surface area contributed by atoms with Gasteiger partial charge in [-0.3, -0.25) is 4.79 Å². The minimum absolute atomic E-state index is 0.0446. The highest BCUT2D eigenvalue weighted by Crippen LogP contribution is 2.22. The van der Waals surface area contributed by atoms with Crippen molar-refractivity contribution in [1.29, 1.82) is 0 Å². The molecule has 0 aliphatic heterocycles. The Labute approximate surface area is 121 Å². The molecule has 0 aliphatic rings.